The summed E-state index contributed by atoms with van der Waals surface area (Å²) >= 11 is 0. The first-order chi connectivity index (χ1) is 12.3. The molecule has 0 atom stereocenters. The molecule has 1 amide bonds. The van der Waals surface area contributed by atoms with Gasteiger partial charge in [-0.2, -0.15) is 13.2 Å². The van der Waals surface area contributed by atoms with Crippen molar-refractivity contribution in [3.63, 3.8) is 0 Å². The van der Waals surface area contributed by atoms with Gasteiger partial charge >= 0.3 is 6.18 Å². The number of carbonyl (C=O) groups excluding carboxylic acids is 1. The number of hydrogen-bond donors (Lipinski definition) is 0. The van der Waals surface area contributed by atoms with Gasteiger partial charge in [0.05, 0.1) is 0 Å². The Bertz CT molecular complexity index is 779. The van der Waals surface area contributed by atoms with Crippen molar-refractivity contribution < 1.29 is 22.4 Å². The zero-order valence-corrected chi connectivity index (χ0v) is 13.7. The number of aromatic nitrogens is 2. The molecule has 2 heterocycles. The monoisotopic (exact) mass is 368 g/mol. The van der Waals surface area contributed by atoms with Crippen LogP contribution >= 0.6 is 0 Å². The quantitative estimate of drug-likeness (QED) is 0.765. The highest BCUT2D eigenvalue weighted by atomic mass is 19.4. The van der Waals surface area contributed by atoms with Crippen molar-refractivity contribution >= 4 is 11.7 Å². The van der Waals surface area contributed by atoms with Crippen LogP contribution in [-0.2, 0) is 6.18 Å². The van der Waals surface area contributed by atoms with Crippen LogP contribution in [0.3, 0.4) is 0 Å². The predicted octanol–water partition coefficient (Wildman–Crippen LogP) is 2.99. The summed E-state index contributed by atoms with van der Waals surface area (Å²) < 4.78 is 51.0. The summed E-state index contributed by atoms with van der Waals surface area (Å²) in [5, 5.41) is 6.88. The van der Waals surface area contributed by atoms with Crippen molar-refractivity contribution in [1.29, 1.82) is 0 Å². The molecule has 1 aliphatic rings. The van der Waals surface area contributed by atoms with Crippen LogP contribution in [0, 0.1) is 5.82 Å². The first-order valence-electron chi connectivity index (χ1n) is 8.05. The number of benzene rings is 1. The van der Waals surface area contributed by atoms with Gasteiger partial charge < -0.3 is 9.80 Å². The average Bonchev–Trinajstić information content (AvgIpc) is 2.86. The summed E-state index contributed by atoms with van der Waals surface area (Å²) in [6, 6.07) is 7.65. The average molecular weight is 368 g/mol. The highest BCUT2D eigenvalue weighted by Gasteiger charge is 2.33. The van der Waals surface area contributed by atoms with Crippen molar-refractivity contribution in [3.05, 3.63) is 53.5 Å². The SMILES string of the molecule is O=C(c1cccc(F)c1)N1CCCN(c2ccc(C(F)(F)F)nn2)CC1. The van der Waals surface area contributed by atoms with Gasteiger partial charge in [-0.15, -0.1) is 10.2 Å². The summed E-state index contributed by atoms with van der Waals surface area (Å²) in [6.45, 7) is 1.77. The van der Waals surface area contributed by atoms with E-state index in [-0.39, 0.29) is 11.5 Å². The highest BCUT2D eigenvalue weighted by Crippen LogP contribution is 2.27. The number of nitrogens with zero attached hydrogens (tertiary/aromatic N) is 4. The second-order valence-corrected chi connectivity index (χ2v) is 5.92. The van der Waals surface area contributed by atoms with E-state index >= 15 is 0 Å². The topological polar surface area (TPSA) is 49.3 Å². The number of carbonyl (C=O) groups is 1. The fraction of sp³-hybridized carbons (Fsp3) is 0.353. The maximum atomic E-state index is 13.3. The Labute approximate surface area is 147 Å². The van der Waals surface area contributed by atoms with Gasteiger partial charge in [0, 0.05) is 31.7 Å². The molecule has 1 fully saturated rings. The van der Waals surface area contributed by atoms with Gasteiger partial charge in [-0.05, 0) is 36.8 Å². The second-order valence-electron chi connectivity index (χ2n) is 5.92. The lowest BCUT2D eigenvalue weighted by Gasteiger charge is -2.22. The zero-order valence-electron chi connectivity index (χ0n) is 13.7. The smallest absolute Gasteiger partial charge is 0.353 e. The van der Waals surface area contributed by atoms with E-state index in [0.717, 1.165) is 6.07 Å². The molecular formula is C17H16F4N4O. The van der Waals surface area contributed by atoms with E-state index in [9.17, 15) is 22.4 Å². The fourth-order valence-electron chi connectivity index (χ4n) is 2.80. The van der Waals surface area contributed by atoms with Crippen molar-refractivity contribution in [3.8, 4) is 0 Å². The molecule has 1 aromatic carbocycles. The van der Waals surface area contributed by atoms with E-state index in [4.69, 9.17) is 0 Å². The van der Waals surface area contributed by atoms with Crippen LogP contribution < -0.4 is 4.90 Å². The third kappa shape index (κ3) is 4.09. The molecule has 3 rings (SSSR count). The summed E-state index contributed by atoms with van der Waals surface area (Å²) in [4.78, 5) is 15.9. The van der Waals surface area contributed by atoms with Gasteiger partial charge in [-0.1, -0.05) is 6.07 Å². The summed E-state index contributed by atoms with van der Waals surface area (Å²) in [5.74, 6) is -0.421. The van der Waals surface area contributed by atoms with Crippen molar-refractivity contribution in [2.75, 3.05) is 31.1 Å². The predicted molar refractivity (Wildman–Crippen MR) is 86.2 cm³/mol. The molecule has 9 heteroatoms. The van der Waals surface area contributed by atoms with Crippen LogP contribution in [0.2, 0.25) is 0 Å². The minimum Gasteiger partial charge on any atom is -0.353 e. The van der Waals surface area contributed by atoms with Gasteiger partial charge in [0.25, 0.3) is 5.91 Å². The van der Waals surface area contributed by atoms with E-state index in [0.29, 0.717) is 38.4 Å². The third-order valence-corrected chi connectivity index (χ3v) is 4.12. The molecule has 1 aliphatic heterocycles. The van der Waals surface area contributed by atoms with E-state index in [1.165, 1.54) is 24.3 Å². The van der Waals surface area contributed by atoms with Gasteiger partial charge in [-0.25, -0.2) is 4.39 Å². The van der Waals surface area contributed by atoms with Gasteiger partial charge in [0.1, 0.15) is 5.82 Å². The second kappa shape index (κ2) is 7.27. The van der Waals surface area contributed by atoms with Crippen molar-refractivity contribution in [1.82, 2.24) is 15.1 Å². The maximum absolute atomic E-state index is 13.3. The van der Waals surface area contributed by atoms with E-state index in [2.05, 4.69) is 10.2 Å². The lowest BCUT2D eigenvalue weighted by atomic mass is 10.2. The normalized spacial score (nSPS) is 15.7. The Morgan fingerprint density at radius 3 is 2.46 bits per heavy atom. The molecule has 1 saturated heterocycles. The molecule has 0 bridgehead atoms. The first kappa shape index (κ1) is 18.1. The Morgan fingerprint density at radius 1 is 1.00 bits per heavy atom. The molecule has 138 valence electrons. The number of rotatable bonds is 2. The molecule has 0 aliphatic carbocycles. The van der Waals surface area contributed by atoms with Crippen molar-refractivity contribution in [2.24, 2.45) is 0 Å². The zero-order chi connectivity index (χ0) is 18.7. The first-order valence-corrected chi connectivity index (χ1v) is 8.05. The van der Waals surface area contributed by atoms with Crippen LogP contribution in [0.25, 0.3) is 0 Å². The lowest BCUT2D eigenvalue weighted by molar-refractivity contribution is -0.141. The van der Waals surface area contributed by atoms with Gasteiger partial charge in [-0.3, -0.25) is 4.79 Å². The molecule has 26 heavy (non-hydrogen) atoms. The molecule has 2 aromatic rings. The number of anilines is 1. The molecule has 0 saturated carbocycles. The number of amides is 1. The molecule has 1 aromatic heterocycles. The molecule has 0 spiro atoms. The summed E-state index contributed by atoms with van der Waals surface area (Å²) in [5.41, 5.74) is -0.772. The Kier molecular flexibility index (Phi) is 5.06. The molecule has 0 radical (unpaired) electrons. The summed E-state index contributed by atoms with van der Waals surface area (Å²) in [6.07, 6.45) is -3.91. The molecule has 0 unspecified atom stereocenters. The number of halogens is 4. The molecular weight excluding hydrogens is 352 g/mol. The number of hydrogen-bond acceptors (Lipinski definition) is 4. The van der Waals surface area contributed by atoms with E-state index in [1.807, 2.05) is 0 Å². The van der Waals surface area contributed by atoms with Gasteiger partial charge in [0.15, 0.2) is 11.5 Å². The van der Waals surface area contributed by atoms with E-state index < -0.39 is 17.7 Å². The van der Waals surface area contributed by atoms with Crippen LogP contribution in [0.5, 0.6) is 0 Å². The standard InChI is InChI=1S/C17H16F4N4O/c18-13-4-1-3-12(11-13)16(26)25-8-2-7-24(9-10-25)15-6-5-14(22-23-15)17(19,20)21/h1,3-6,11H,2,7-10H2. The Morgan fingerprint density at radius 2 is 1.81 bits per heavy atom. The highest BCUT2D eigenvalue weighted by molar-refractivity contribution is 5.94. The van der Waals surface area contributed by atoms with Crippen molar-refractivity contribution in [2.45, 2.75) is 12.6 Å². The summed E-state index contributed by atoms with van der Waals surface area (Å²) in [7, 11) is 0. The largest absolute Gasteiger partial charge is 0.435 e. The van der Waals surface area contributed by atoms with Gasteiger partial charge in [0.2, 0.25) is 0 Å². The molecule has 0 N–H and O–H groups in total. The Hall–Kier alpha value is -2.71. The molecule has 5 nitrogen and oxygen atoms in total. The lowest BCUT2D eigenvalue weighted by Crippen LogP contribution is -2.35. The minimum atomic E-state index is -4.53. The minimum absolute atomic E-state index is 0.271. The fourth-order valence-corrected chi connectivity index (χ4v) is 2.80. The third-order valence-electron chi connectivity index (χ3n) is 4.12. The van der Waals surface area contributed by atoms with Crippen LogP contribution in [-0.4, -0.2) is 47.2 Å². The Balaban J connectivity index is 1.67. The maximum Gasteiger partial charge on any atom is 0.435 e. The number of alkyl halides is 3. The van der Waals surface area contributed by atoms with Crippen LogP contribution in [0.1, 0.15) is 22.5 Å². The van der Waals surface area contributed by atoms with Crippen LogP contribution in [0.4, 0.5) is 23.4 Å². The van der Waals surface area contributed by atoms with E-state index in [1.54, 1.807) is 15.9 Å². The van der Waals surface area contributed by atoms with Crippen LogP contribution in [0.15, 0.2) is 36.4 Å².